The SMILES string of the molecule is CCCc1ccc(S(=O)(=O)N2CCN(Cc3c(C)nn(C)c3Cl)CC2)cc1. The van der Waals surface area contributed by atoms with Crippen molar-refractivity contribution in [2.75, 3.05) is 26.2 Å². The first kappa shape index (κ1) is 20.3. The van der Waals surface area contributed by atoms with Gasteiger partial charge in [0.25, 0.3) is 0 Å². The number of hydrogen-bond donors (Lipinski definition) is 0. The Balaban J connectivity index is 1.64. The lowest BCUT2D eigenvalue weighted by Crippen LogP contribution is -2.48. The highest BCUT2D eigenvalue weighted by Crippen LogP contribution is 2.23. The van der Waals surface area contributed by atoms with Crippen LogP contribution >= 0.6 is 11.6 Å². The lowest BCUT2D eigenvalue weighted by molar-refractivity contribution is 0.181. The Morgan fingerprint density at radius 3 is 2.26 bits per heavy atom. The van der Waals surface area contributed by atoms with Crippen LogP contribution in [0.1, 0.15) is 30.2 Å². The molecule has 2 heterocycles. The Bertz CT molecular complexity index is 885. The van der Waals surface area contributed by atoms with E-state index in [0.29, 0.717) is 42.8 Å². The molecule has 8 heteroatoms. The largest absolute Gasteiger partial charge is 0.296 e. The maximum Gasteiger partial charge on any atom is 0.243 e. The van der Waals surface area contributed by atoms with Crippen molar-refractivity contribution in [2.45, 2.75) is 38.1 Å². The van der Waals surface area contributed by atoms with E-state index in [0.717, 1.165) is 24.1 Å². The summed E-state index contributed by atoms with van der Waals surface area (Å²) in [4.78, 5) is 2.61. The van der Waals surface area contributed by atoms with E-state index < -0.39 is 10.0 Å². The van der Waals surface area contributed by atoms with E-state index in [2.05, 4.69) is 16.9 Å². The molecule has 0 N–H and O–H groups in total. The smallest absolute Gasteiger partial charge is 0.243 e. The molecular weight excluding hydrogens is 384 g/mol. The molecular formula is C19H27ClN4O2S. The molecule has 1 aromatic heterocycles. The second kappa shape index (κ2) is 8.31. The summed E-state index contributed by atoms with van der Waals surface area (Å²) in [7, 11) is -1.61. The third-order valence-corrected chi connectivity index (χ3v) is 7.47. The van der Waals surface area contributed by atoms with Gasteiger partial charge in [0, 0.05) is 45.3 Å². The molecule has 0 atom stereocenters. The van der Waals surface area contributed by atoms with E-state index in [1.807, 2.05) is 26.1 Å². The Morgan fingerprint density at radius 1 is 1.11 bits per heavy atom. The number of halogens is 1. The highest BCUT2D eigenvalue weighted by atomic mass is 35.5. The molecule has 3 rings (SSSR count). The predicted octanol–water partition coefficient (Wildman–Crippen LogP) is 2.84. The molecule has 1 aromatic carbocycles. The summed E-state index contributed by atoms with van der Waals surface area (Å²) in [6, 6.07) is 7.29. The second-order valence-electron chi connectivity index (χ2n) is 7.05. The highest BCUT2D eigenvalue weighted by molar-refractivity contribution is 7.89. The first-order valence-electron chi connectivity index (χ1n) is 9.32. The van der Waals surface area contributed by atoms with E-state index in [1.165, 1.54) is 5.56 Å². The topological polar surface area (TPSA) is 58.4 Å². The zero-order chi connectivity index (χ0) is 19.6. The molecule has 0 saturated carbocycles. The summed E-state index contributed by atoms with van der Waals surface area (Å²) in [6.07, 6.45) is 2.02. The van der Waals surface area contributed by atoms with E-state index in [-0.39, 0.29) is 0 Å². The van der Waals surface area contributed by atoms with Gasteiger partial charge in [-0.25, -0.2) is 8.42 Å². The standard InChI is InChI=1S/C19H27ClN4O2S/c1-4-5-16-6-8-17(9-7-16)27(25,26)24-12-10-23(11-13-24)14-18-15(2)21-22(3)19(18)20/h6-9H,4-5,10-14H2,1-3H3. The van der Waals surface area contributed by atoms with Crippen molar-refractivity contribution in [1.29, 1.82) is 0 Å². The fraction of sp³-hybridized carbons (Fsp3) is 0.526. The van der Waals surface area contributed by atoms with Crippen molar-refractivity contribution in [3.05, 3.63) is 46.2 Å². The van der Waals surface area contributed by atoms with Crippen LogP contribution in [0.25, 0.3) is 0 Å². The molecule has 0 aliphatic carbocycles. The van der Waals surface area contributed by atoms with Crippen molar-refractivity contribution in [1.82, 2.24) is 19.0 Å². The van der Waals surface area contributed by atoms with Crippen molar-refractivity contribution >= 4 is 21.6 Å². The van der Waals surface area contributed by atoms with Crippen molar-refractivity contribution in [3.8, 4) is 0 Å². The zero-order valence-corrected chi connectivity index (χ0v) is 17.7. The van der Waals surface area contributed by atoms with Crippen LogP contribution in [0, 0.1) is 6.92 Å². The molecule has 27 heavy (non-hydrogen) atoms. The monoisotopic (exact) mass is 410 g/mol. The van der Waals surface area contributed by atoms with Gasteiger partial charge in [-0.3, -0.25) is 9.58 Å². The number of piperazine rings is 1. The summed E-state index contributed by atoms with van der Waals surface area (Å²) in [5.74, 6) is 0. The molecule has 2 aromatic rings. The van der Waals surface area contributed by atoms with Gasteiger partial charge in [-0.1, -0.05) is 37.1 Å². The minimum atomic E-state index is -3.44. The van der Waals surface area contributed by atoms with Crippen LogP contribution in [0.5, 0.6) is 0 Å². The Hall–Kier alpha value is -1.41. The second-order valence-corrected chi connectivity index (χ2v) is 9.35. The molecule has 148 valence electrons. The van der Waals surface area contributed by atoms with Gasteiger partial charge in [0.1, 0.15) is 5.15 Å². The van der Waals surface area contributed by atoms with Gasteiger partial charge in [-0.05, 0) is 31.0 Å². The van der Waals surface area contributed by atoms with Crippen LogP contribution in [0.3, 0.4) is 0 Å². The fourth-order valence-corrected chi connectivity index (χ4v) is 5.13. The lowest BCUT2D eigenvalue weighted by Gasteiger charge is -2.34. The van der Waals surface area contributed by atoms with Crippen molar-refractivity contribution in [2.24, 2.45) is 7.05 Å². The zero-order valence-electron chi connectivity index (χ0n) is 16.2. The normalized spacial score (nSPS) is 16.7. The van der Waals surface area contributed by atoms with Crippen LogP contribution < -0.4 is 0 Å². The number of rotatable bonds is 6. The molecule has 0 bridgehead atoms. The molecule has 1 fully saturated rings. The summed E-state index contributed by atoms with van der Waals surface area (Å²) < 4.78 is 29.1. The van der Waals surface area contributed by atoms with Gasteiger partial charge in [-0.2, -0.15) is 9.40 Å². The number of benzene rings is 1. The summed E-state index contributed by atoms with van der Waals surface area (Å²) in [6.45, 7) is 7.08. The molecule has 6 nitrogen and oxygen atoms in total. The highest BCUT2D eigenvalue weighted by Gasteiger charge is 2.29. The third kappa shape index (κ3) is 4.37. The predicted molar refractivity (Wildman–Crippen MR) is 107 cm³/mol. The quantitative estimate of drug-likeness (QED) is 0.734. The summed E-state index contributed by atoms with van der Waals surface area (Å²) in [5.41, 5.74) is 3.11. The molecule has 0 unspecified atom stereocenters. The van der Waals surface area contributed by atoms with Crippen LogP contribution in [0.15, 0.2) is 29.2 Å². The number of aryl methyl sites for hydroxylation is 3. The van der Waals surface area contributed by atoms with Gasteiger partial charge >= 0.3 is 0 Å². The minimum absolute atomic E-state index is 0.377. The first-order chi connectivity index (χ1) is 12.8. The Morgan fingerprint density at radius 2 is 1.74 bits per heavy atom. The minimum Gasteiger partial charge on any atom is -0.296 e. The average Bonchev–Trinajstić information content (AvgIpc) is 2.89. The molecule has 1 saturated heterocycles. The first-order valence-corrected chi connectivity index (χ1v) is 11.1. The Kier molecular flexibility index (Phi) is 6.25. The van der Waals surface area contributed by atoms with Crippen LogP contribution in [-0.2, 0) is 30.0 Å². The number of aromatic nitrogens is 2. The third-order valence-electron chi connectivity index (χ3n) is 5.08. The van der Waals surface area contributed by atoms with Crippen LogP contribution in [0.2, 0.25) is 5.15 Å². The van der Waals surface area contributed by atoms with Gasteiger partial charge in [-0.15, -0.1) is 0 Å². The Labute approximate surface area is 166 Å². The summed E-state index contributed by atoms with van der Waals surface area (Å²) >= 11 is 6.32. The maximum atomic E-state index is 12.9. The number of hydrogen-bond acceptors (Lipinski definition) is 4. The van der Waals surface area contributed by atoms with Crippen LogP contribution in [0.4, 0.5) is 0 Å². The van der Waals surface area contributed by atoms with E-state index in [1.54, 1.807) is 21.1 Å². The molecule has 0 amide bonds. The molecule has 0 radical (unpaired) electrons. The van der Waals surface area contributed by atoms with Crippen molar-refractivity contribution < 1.29 is 8.42 Å². The number of sulfonamides is 1. The van der Waals surface area contributed by atoms with Gasteiger partial charge in [0.05, 0.1) is 10.6 Å². The van der Waals surface area contributed by atoms with Crippen molar-refractivity contribution in [3.63, 3.8) is 0 Å². The lowest BCUT2D eigenvalue weighted by atomic mass is 10.1. The van der Waals surface area contributed by atoms with Gasteiger partial charge < -0.3 is 0 Å². The fourth-order valence-electron chi connectivity index (χ4n) is 3.47. The molecule has 1 aliphatic heterocycles. The van der Waals surface area contributed by atoms with E-state index in [9.17, 15) is 8.42 Å². The van der Waals surface area contributed by atoms with Gasteiger partial charge in [0.15, 0.2) is 0 Å². The molecule has 1 aliphatic rings. The number of nitrogens with zero attached hydrogens (tertiary/aromatic N) is 4. The molecule has 0 spiro atoms. The van der Waals surface area contributed by atoms with E-state index in [4.69, 9.17) is 11.6 Å². The average molecular weight is 411 g/mol. The van der Waals surface area contributed by atoms with E-state index >= 15 is 0 Å². The van der Waals surface area contributed by atoms with Crippen LogP contribution in [-0.4, -0.2) is 53.6 Å². The maximum absolute atomic E-state index is 12.9. The van der Waals surface area contributed by atoms with Gasteiger partial charge in [0.2, 0.25) is 10.0 Å². The summed E-state index contributed by atoms with van der Waals surface area (Å²) in [5, 5.41) is 4.99.